The van der Waals surface area contributed by atoms with Crippen LogP contribution in [0.3, 0.4) is 0 Å². The topological polar surface area (TPSA) is 109 Å². The summed E-state index contributed by atoms with van der Waals surface area (Å²) < 4.78 is 16.7. The van der Waals surface area contributed by atoms with E-state index in [-0.39, 0.29) is 5.60 Å². The molecule has 4 N–H and O–H groups in total. The van der Waals surface area contributed by atoms with Crippen molar-refractivity contribution in [2.45, 2.75) is 82.9 Å². The predicted molar refractivity (Wildman–Crippen MR) is 79.3 cm³/mol. The Balaban J connectivity index is 2.59. The van der Waals surface area contributed by atoms with Gasteiger partial charge in [-0.15, -0.1) is 0 Å². The monoisotopic (exact) mass is 322 g/mol. The lowest BCUT2D eigenvalue weighted by Gasteiger charge is -2.42. The van der Waals surface area contributed by atoms with E-state index in [4.69, 9.17) is 19.3 Å². The lowest BCUT2D eigenvalue weighted by molar-refractivity contribution is -0.324. The van der Waals surface area contributed by atoms with Crippen LogP contribution in [-0.4, -0.2) is 75.5 Å². The number of hydrogen-bond donors (Lipinski definition) is 4. The van der Waals surface area contributed by atoms with Gasteiger partial charge in [0.05, 0.1) is 17.8 Å². The van der Waals surface area contributed by atoms with Gasteiger partial charge in [-0.3, -0.25) is 0 Å². The molecule has 1 fully saturated rings. The number of rotatable bonds is 6. The minimum Gasteiger partial charge on any atom is -0.394 e. The second-order valence-electron chi connectivity index (χ2n) is 7.29. The summed E-state index contributed by atoms with van der Waals surface area (Å²) >= 11 is 0. The molecule has 1 aliphatic rings. The van der Waals surface area contributed by atoms with Crippen LogP contribution >= 0.6 is 0 Å². The van der Waals surface area contributed by atoms with Gasteiger partial charge in [0.25, 0.3) is 0 Å². The van der Waals surface area contributed by atoms with Gasteiger partial charge in [0, 0.05) is 6.61 Å². The van der Waals surface area contributed by atoms with Gasteiger partial charge in [0.2, 0.25) is 0 Å². The summed E-state index contributed by atoms with van der Waals surface area (Å²) in [5, 5.41) is 38.6. The van der Waals surface area contributed by atoms with Gasteiger partial charge in [-0.25, -0.2) is 0 Å². The fourth-order valence-electron chi connectivity index (χ4n) is 2.14. The van der Waals surface area contributed by atoms with Crippen LogP contribution in [0.4, 0.5) is 0 Å². The summed E-state index contributed by atoms with van der Waals surface area (Å²) in [6, 6.07) is 0. The Kier molecular flexibility index (Phi) is 6.76. The van der Waals surface area contributed by atoms with Gasteiger partial charge in [0.15, 0.2) is 6.29 Å². The van der Waals surface area contributed by atoms with Crippen LogP contribution in [0.15, 0.2) is 0 Å². The van der Waals surface area contributed by atoms with Crippen LogP contribution in [-0.2, 0) is 14.2 Å². The summed E-state index contributed by atoms with van der Waals surface area (Å²) in [7, 11) is 0. The Hall–Kier alpha value is -0.280. The molecule has 132 valence electrons. The molecule has 0 saturated carbocycles. The molecule has 5 atom stereocenters. The smallest absolute Gasteiger partial charge is 0.187 e. The van der Waals surface area contributed by atoms with Gasteiger partial charge in [-0.2, -0.15) is 0 Å². The van der Waals surface area contributed by atoms with E-state index in [1.807, 2.05) is 34.6 Å². The summed E-state index contributed by atoms with van der Waals surface area (Å²) in [6.07, 6.45) is -5.74. The maximum atomic E-state index is 9.97. The summed E-state index contributed by atoms with van der Waals surface area (Å²) in [6.45, 7) is 9.50. The molecule has 5 unspecified atom stereocenters. The summed E-state index contributed by atoms with van der Waals surface area (Å²) in [5.41, 5.74) is -0.919. The van der Waals surface area contributed by atoms with Crippen molar-refractivity contribution in [1.82, 2.24) is 0 Å². The third-order valence-corrected chi connectivity index (χ3v) is 3.52. The Labute approximate surface area is 131 Å². The van der Waals surface area contributed by atoms with E-state index < -0.39 is 42.9 Å². The molecule has 0 bridgehead atoms. The summed E-state index contributed by atoms with van der Waals surface area (Å²) in [4.78, 5) is 0. The van der Waals surface area contributed by atoms with E-state index in [1.54, 1.807) is 0 Å². The van der Waals surface area contributed by atoms with E-state index in [0.717, 1.165) is 0 Å². The highest BCUT2D eigenvalue weighted by atomic mass is 16.7. The second-order valence-corrected chi connectivity index (χ2v) is 7.29. The third kappa shape index (κ3) is 5.73. The van der Waals surface area contributed by atoms with Crippen molar-refractivity contribution in [1.29, 1.82) is 0 Å². The first kappa shape index (κ1) is 19.8. The van der Waals surface area contributed by atoms with Crippen molar-refractivity contribution >= 4 is 0 Å². The van der Waals surface area contributed by atoms with Gasteiger partial charge in [-0.1, -0.05) is 0 Å². The average Bonchev–Trinajstić information content (AvgIpc) is 2.37. The van der Waals surface area contributed by atoms with Crippen molar-refractivity contribution in [3.05, 3.63) is 0 Å². The van der Waals surface area contributed by atoms with E-state index in [1.165, 1.54) is 0 Å². The zero-order chi connectivity index (χ0) is 17.1. The molecule has 1 rings (SSSR count). The lowest BCUT2D eigenvalue weighted by Crippen LogP contribution is -2.60. The molecule has 0 amide bonds. The first-order valence-electron chi connectivity index (χ1n) is 7.59. The molecular formula is C15H30O7. The predicted octanol–water partition coefficient (Wildman–Crippen LogP) is -0.213. The molecular weight excluding hydrogens is 292 g/mol. The van der Waals surface area contributed by atoms with Gasteiger partial charge in [0.1, 0.15) is 24.4 Å². The minimum atomic E-state index is -1.43. The van der Waals surface area contributed by atoms with Crippen LogP contribution in [0.5, 0.6) is 0 Å². The van der Waals surface area contributed by atoms with E-state index in [2.05, 4.69) is 0 Å². The molecule has 0 aliphatic carbocycles. The summed E-state index contributed by atoms with van der Waals surface area (Å²) in [5.74, 6) is 0. The molecule has 1 aliphatic heterocycles. The van der Waals surface area contributed by atoms with Gasteiger partial charge < -0.3 is 34.6 Å². The van der Waals surface area contributed by atoms with Crippen LogP contribution in [0, 0.1) is 0 Å². The van der Waals surface area contributed by atoms with E-state index in [0.29, 0.717) is 13.0 Å². The number of hydrogen-bond acceptors (Lipinski definition) is 7. The zero-order valence-electron chi connectivity index (χ0n) is 14.0. The molecule has 7 nitrogen and oxygen atoms in total. The van der Waals surface area contributed by atoms with Crippen molar-refractivity contribution in [3.63, 3.8) is 0 Å². The largest absolute Gasteiger partial charge is 0.394 e. The Bertz CT molecular complexity index is 337. The highest BCUT2D eigenvalue weighted by Crippen LogP contribution is 2.27. The number of ether oxygens (including phenoxy) is 3. The third-order valence-electron chi connectivity index (χ3n) is 3.52. The molecule has 1 saturated heterocycles. The fraction of sp³-hybridized carbons (Fsp3) is 1.00. The molecule has 0 aromatic heterocycles. The SMILES string of the molecule is CC(C)(C)OCCC(C)(C)OC1OC(CO)C(O)C(O)C1O. The maximum Gasteiger partial charge on any atom is 0.187 e. The number of aliphatic hydroxyl groups is 4. The highest BCUT2D eigenvalue weighted by Gasteiger charge is 2.45. The van der Waals surface area contributed by atoms with Crippen LogP contribution in [0.1, 0.15) is 41.0 Å². The first-order valence-corrected chi connectivity index (χ1v) is 7.59. The van der Waals surface area contributed by atoms with E-state index in [9.17, 15) is 15.3 Å². The fourth-order valence-corrected chi connectivity index (χ4v) is 2.14. The highest BCUT2D eigenvalue weighted by molar-refractivity contribution is 4.90. The number of aliphatic hydroxyl groups excluding tert-OH is 4. The normalized spacial score (nSPS) is 34.0. The molecule has 0 aromatic carbocycles. The maximum absolute atomic E-state index is 9.97. The van der Waals surface area contributed by atoms with Crippen LogP contribution in [0.2, 0.25) is 0 Å². The Morgan fingerprint density at radius 1 is 0.955 bits per heavy atom. The second kappa shape index (κ2) is 7.53. The van der Waals surface area contributed by atoms with Crippen molar-refractivity contribution in [2.24, 2.45) is 0 Å². The average molecular weight is 322 g/mol. The first-order chi connectivity index (χ1) is 9.97. The zero-order valence-corrected chi connectivity index (χ0v) is 14.0. The van der Waals surface area contributed by atoms with Gasteiger partial charge >= 0.3 is 0 Å². The van der Waals surface area contributed by atoms with Crippen LogP contribution in [0.25, 0.3) is 0 Å². The van der Waals surface area contributed by atoms with Gasteiger partial charge in [-0.05, 0) is 41.0 Å². The molecule has 1 heterocycles. The van der Waals surface area contributed by atoms with Crippen molar-refractivity contribution in [2.75, 3.05) is 13.2 Å². The standard InChI is InChI=1S/C15H30O7/c1-14(2,3)20-7-6-15(4,5)22-13-12(19)11(18)10(17)9(8-16)21-13/h9-13,16-19H,6-8H2,1-5H3. The van der Waals surface area contributed by atoms with Crippen molar-refractivity contribution in [3.8, 4) is 0 Å². The Morgan fingerprint density at radius 2 is 1.55 bits per heavy atom. The molecule has 22 heavy (non-hydrogen) atoms. The van der Waals surface area contributed by atoms with Crippen molar-refractivity contribution < 1.29 is 34.6 Å². The molecule has 0 spiro atoms. The lowest BCUT2D eigenvalue weighted by atomic mass is 9.98. The van der Waals surface area contributed by atoms with Crippen LogP contribution < -0.4 is 0 Å². The minimum absolute atomic E-state index is 0.251. The quantitative estimate of drug-likeness (QED) is 0.535. The molecule has 0 radical (unpaired) electrons. The molecule has 7 heteroatoms. The molecule has 0 aromatic rings. The van der Waals surface area contributed by atoms with E-state index >= 15 is 0 Å². The Morgan fingerprint density at radius 3 is 2.05 bits per heavy atom.